The van der Waals surface area contributed by atoms with Gasteiger partial charge in [0.2, 0.25) is 0 Å². The lowest BCUT2D eigenvalue weighted by Crippen LogP contribution is -2.66. The van der Waals surface area contributed by atoms with Gasteiger partial charge in [-0.25, -0.2) is 0 Å². The molecule has 0 aromatic heterocycles. The van der Waals surface area contributed by atoms with Crippen molar-refractivity contribution in [1.29, 1.82) is 0 Å². The molecule has 0 spiro atoms. The fraction of sp³-hybridized carbons (Fsp3) is 0.333. The van der Waals surface area contributed by atoms with E-state index in [9.17, 15) is 0 Å². The minimum Gasteiger partial charge on any atom is -0.411 e. The van der Waals surface area contributed by atoms with Gasteiger partial charge in [0, 0.05) is 7.11 Å². The summed E-state index contributed by atoms with van der Waals surface area (Å²) in [5.41, 5.74) is 1.32. The minimum absolute atomic E-state index is 0.0786. The first-order valence-electron chi connectivity index (χ1n) is 7.10. The first kappa shape index (κ1) is 15.0. The van der Waals surface area contributed by atoms with Gasteiger partial charge in [-0.3, -0.25) is 0 Å². The Hall–Kier alpha value is -1.38. The van der Waals surface area contributed by atoms with Gasteiger partial charge in [0.1, 0.15) is 0 Å². The monoisotopic (exact) mass is 284 g/mol. The highest BCUT2D eigenvalue weighted by Crippen LogP contribution is 2.36. The number of hydrogen-bond donors (Lipinski definition) is 0. The number of rotatable bonds is 3. The highest BCUT2D eigenvalue weighted by atomic mass is 28.4. The Balaban J connectivity index is 2.77. The van der Waals surface area contributed by atoms with Crippen LogP contribution in [0.5, 0.6) is 0 Å². The SMILES string of the molecule is CO[Si](c1ccccc1)(c1ccccc1C)C(C)(C)C. The highest BCUT2D eigenvalue weighted by molar-refractivity contribution is 6.99. The number of benzene rings is 2. The lowest BCUT2D eigenvalue weighted by molar-refractivity contribution is 0.386. The molecule has 0 aliphatic rings. The maximum absolute atomic E-state index is 6.29. The van der Waals surface area contributed by atoms with E-state index >= 15 is 0 Å². The van der Waals surface area contributed by atoms with Crippen molar-refractivity contribution in [1.82, 2.24) is 0 Å². The second-order valence-electron chi connectivity index (χ2n) is 6.32. The molecular weight excluding hydrogens is 260 g/mol. The molecule has 2 aromatic carbocycles. The van der Waals surface area contributed by atoms with Gasteiger partial charge in [0.15, 0.2) is 0 Å². The van der Waals surface area contributed by atoms with Crippen LogP contribution in [0.1, 0.15) is 26.3 Å². The normalized spacial score (nSPS) is 14.8. The van der Waals surface area contributed by atoms with E-state index in [2.05, 4.69) is 82.3 Å². The molecule has 0 radical (unpaired) electrons. The van der Waals surface area contributed by atoms with Gasteiger partial charge >= 0.3 is 0 Å². The fourth-order valence-electron chi connectivity index (χ4n) is 3.17. The van der Waals surface area contributed by atoms with Crippen molar-refractivity contribution < 1.29 is 4.43 Å². The Morgan fingerprint density at radius 1 is 0.850 bits per heavy atom. The molecular formula is C18H24OSi. The van der Waals surface area contributed by atoms with Gasteiger partial charge in [-0.05, 0) is 27.9 Å². The van der Waals surface area contributed by atoms with Gasteiger partial charge in [-0.2, -0.15) is 0 Å². The van der Waals surface area contributed by atoms with Crippen LogP contribution in [0.4, 0.5) is 0 Å². The summed E-state index contributed by atoms with van der Waals surface area (Å²) in [6.07, 6.45) is 0. The Morgan fingerprint density at radius 3 is 1.90 bits per heavy atom. The Morgan fingerprint density at radius 2 is 1.40 bits per heavy atom. The molecule has 0 saturated heterocycles. The molecule has 0 amide bonds. The summed E-state index contributed by atoms with van der Waals surface area (Å²) < 4.78 is 6.29. The Labute approximate surface area is 123 Å². The van der Waals surface area contributed by atoms with Gasteiger partial charge in [-0.15, -0.1) is 0 Å². The summed E-state index contributed by atoms with van der Waals surface area (Å²) in [7, 11) is -0.396. The van der Waals surface area contributed by atoms with Gasteiger partial charge in [-0.1, -0.05) is 75.4 Å². The van der Waals surface area contributed by atoms with Crippen LogP contribution in [0.15, 0.2) is 54.6 Å². The average molecular weight is 284 g/mol. The van der Waals surface area contributed by atoms with Gasteiger partial charge in [0.05, 0.1) is 0 Å². The minimum atomic E-state index is -2.27. The summed E-state index contributed by atoms with van der Waals surface area (Å²) in [4.78, 5) is 0. The molecule has 1 unspecified atom stereocenters. The van der Waals surface area contributed by atoms with E-state index < -0.39 is 8.32 Å². The van der Waals surface area contributed by atoms with Crippen LogP contribution in [-0.4, -0.2) is 15.4 Å². The van der Waals surface area contributed by atoms with Gasteiger partial charge in [0.25, 0.3) is 8.32 Å². The summed E-state index contributed by atoms with van der Waals surface area (Å²) >= 11 is 0. The summed E-state index contributed by atoms with van der Waals surface area (Å²) in [5.74, 6) is 0. The third-order valence-electron chi connectivity index (χ3n) is 4.07. The van der Waals surface area contributed by atoms with E-state index in [0.29, 0.717) is 0 Å². The van der Waals surface area contributed by atoms with Crippen LogP contribution in [-0.2, 0) is 4.43 Å². The van der Waals surface area contributed by atoms with Crippen molar-refractivity contribution in [2.45, 2.75) is 32.7 Å². The maximum atomic E-state index is 6.29. The van der Waals surface area contributed by atoms with E-state index in [1.807, 2.05) is 7.11 Å². The quantitative estimate of drug-likeness (QED) is 0.784. The molecule has 0 aliphatic heterocycles. The molecule has 2 aromatic rings. The summed E-state index contributed by atoms with van der Waals surface area (Å²) in [6, 6.07) is 19.4. The van der Waals surface area contributed by atoms with Crippen molar-refractivity contribution in [3.63, 3.8) is 0 Å². The van der Waals surface area contributed by atoms with Crippen molar-refractivity contribution in [2.75, 3.05) is 7.11 Å². The van der Waals surface area contributed by atoms with E-state index in [0.717, 1.165) is 0 Å². The number of aryl methyl sites for hydroxylation is 1. The lowest BCUT2D eigenvalue weighted by Gasteiger charge is -2.42. The van der Waals surface area contributed by atoms with Crippen molar-refractivity contribution in [3.8, 4) is 0 Å². The summed E-state index contributed by atoms with van der Waals surface area (Å²) in [5, 5.41) is 2.79. The van der Waals surface area contributed by atoms with E-state index in [1.165, 1.54) is 15.9 Å². The largest absolute Gasteiger partial charge is 0.411 e. The molecule has 2 heteroatoms. The van der Waals surface area contributed by atoms with Gasteiger partial charge < -0.3 is 4.43 Å². The van der Waals surface area contributed by atoms with E-state index in [4.69, 9.17) is 4.43 Å². The molecule has 1 nitrogen and oxygen atoms in total. The van der Waals surface area contributed by atoms with Crippen molar-refractivity contribution in [2.24, 2.45) is 0 Å². The number of hydrogen-bond acceptors (Lipinski definition) is 1. The molecule has 0 saturated carbocycles. The average Bonchev–Trinajstić information content (AvgIpc) is 2.42. The Bertz CT molecular complexity index is 571. The molecule has 0 heterocycles. The van der Waals surface area contributed by atoms with Crippen molar-refractivity contribution in [3.05, 3.63) is 60.2 Å². The lowest BCUT2D eigenvalue weighted by atomic mass is 10.2. The molecule has 106 valence electrons. The second kappa shape index (κ2) is 5.55. The molecule has 20 heavy (non-hydrogen) atoms. The smallest absolute Gasteiger partial charge is 0.260 e. The second-order valence-corrected chi connectivity index (χ2v) is 10.7. The maximum Gasteiger partial charge on any atom is 0.260 e. The fourth-order valence-corrected chi connectivity index (χ4v) is 7.85. The third kappa shape index (κ3) is 2.34. The first-order valence-corrected chi connectivity index (χ1v) is 9.01. The highest BCUT2D eigenvalue weighted by Gasteiger charge is 2.49. The molecule has 1 atom stereocenters. The molecule has 0 aliphatic carbocycles. The first-order chi connectivity index (χ1) is 9.43. The zero-order chi connectivity index (χ0) is 14.8. The molecule has 0 fully saturated rings. The zero-order valence-electron chi connectivity index (χ0n) is 13.1. The van der Waals surface area contributed by atoms with Crippen molar-refractivity contribution >= 4 is 18.7 Å². The van der Waals surface area contributed by atoms with Crippen LogP contribution >= 0.6 is 0 Å². The Kier molecular flexibility index (Phi) is 4.16. The molecule has 0 N–H and O–H groups in total. The van der Waals surface area contributed by atoms with Crippen LogP contribution in [0.3, 0.4) is 0 Å². The zero-order valence-corrected chi connectivity index (χ0v) is 14.1. The topological polar surface area (TPSA) is 9.23 Å². The molecule has 2 rings (SSSR count). The van der Waals surface area contributed by atoms with Crippen LogP contribution in [0.2, 0.25) is 5.04 Å². The van der Waals surface area contributed by atoms with E-state index in [1.54, 1.807) is 0 Å². The standard InChI is InChI=1S/C18H24OSi/c1-15-11-9-10-14-17(15)20(19-5,18(2,3)4)16-12-7-6-8-13-16/h6-14H,1-5H3. The third-order valence-corrected chi connectivity index (χ3v) is 9.26. The molecule has 0 bridgehead atoms. The predicted octanol–water partition coefficient (Wildman–Crippen LogP) is 3.50. The van der Waals surface area contributed by atoms with Crippen LogP contribution < -0.4 is 10.4 Å². The van der Waals surface area contributed by atoms with Crippen LogP contribution in [0.25, 0.3) is 0 Å². The predicted molar refractivity (Wildman–Crippen MR) is 89.4 cm³/mol. The van der Waals surface area contributed by atoms with Crippen LogP contribution in [0, 0.1) is 6.92 Å². The van der Waals surface area contributed by atoms with E-state index in [-0.39, 0.29) is 5.04 Å². The summed E-state index contributed by atoms with van der Waals surface area (Å²) in [6.45, 7) is 9.07.